The molecule has 120 valence electrons. The van der Waals surface area contributed by atoms with Gasteiger partial charge in [0, 0.05) is 36.3 Å². The van der Waals surface area contributed by atoms with Gasteiger partial charge in [0.2, 0.25) is 5.91 Å². The van der Waals surface area contributed by atoms with Crippen LogP contribution in [0.2, 0.25) is 5.02 Å². The molecule has 0 spiro atoms. The highest BCUT2D eigenvalue weighted by Gasteiger charge is 2.12. The summed E-state index contributed by atoms with van der Waals surface area (Å²) in [4.78, 5) is 25.2. The van der Waals surface area contributed by atoms with E-state index in [1.165, 1.54) is 36.1 Å². The highest BCUT2D eigenvalue weighted by molar-refractivity contribution is 6.30. The molecule has 6 heteroatoms. The molecule has 23 heavy (non-hydrogen) atoms. The van der Waals surface area contributed by atoms with Gasteiger partial charge in [0.15, 0.2) is 0 Å². The maximum absolute atomic E-state index is 13.0. The van der Waals surface area contributed by atoms with Gasteiger partial charge in [-0.1, -0.05) is 17.7 Å². The van der Waals surface area contributed by atoms with Crippen LogP contribution in [0.1, 0.15) is 17.3 Å². The van der Waals surface area contributed by atoms with Crippen LogP contribution in [0.5, 0.6) is 0 Å². The van der Waals surface area contributed by atoms with Crippen molar-refractivity contribution < 1.29 is 14.0 Å². The molecule has 0 bridgehead atoms. The molecule has 0 aromatic heterocycles. The second-order valence-corrected chi connectivity index (χ2v) is 5.35. The smallest absolute Gasteiger partial charge is 0.251 e. The minimum atomic E-state index is -0.369. The fraction of sp³-hybridized carbons (Fsp3) is 0.176. The highest BCUT2D eigenvalue weighted by Crippen LogP contribution is 2.15. The molecule has 0 fully saturated rings. The number of hydrogen-bond acceptors (Lipinski definition) is 2. The molecule has 0 unspecified atom stereocenters. The summed E-state index contributed by atoms with van der Waals surface area (Å²) < 4.78 is 13.0. The van der Waals surface area contributed by atoms with Crippen molar-refractivity contribution in [2.75, 3.05) is 18.0 Å². The number of nitrogens with one attached hydrogen (secondary N) is 1. The van der Waals surface area contributed by atoms with E-state index in [1.807, 2.05) is 0 Å². The van der Waals surface area contributed by atoms with E-state index in [4.69, 9.17) is 11.6 Å². The number of carbonyl (C=O) groups is 2. The number of carbonyl (C=O) groups excluding carboxylic acids is 2. The average molecular weight is 335 g/mol. The summed E-state index contributed by atoms with van der Waals surface area (Å²) in [6.07, 6.45) is 0. The zero-order valence-corrected chi connectivity index (χ0v) is 13.3. The quantitative estimate of drug-likeness (QED) is 0.912. The average Bonchev–Trinajstić information content (AvgIpc) is 2.52. The normalized spacial score (nSPS) is 10.2. The first-order valence-electron chi connectivity index (χ1n) is 7.05. The second kappa shape index (κ2) is 7.74. The Labute approximate surface area is 138 Å². The van der Waals surface area contributed by atoms with Gasteiger partial charge in [0.25, 0.3) is 5.91 Å². The standard InChI is InChI=1S/C17H16ClFN2O2/c1-12(22)21(16-7-5-15(19)6-8-16)10-9-20-17(23)13-3-2-4-14(18)11-13/h2-8,11H,9-10H2,1H3,(H,20,23). The summed E-state index contributed by atoms with van der Waals surface area (Å²) in [7, 11) is 0. The van der Waals surface area contributed by atoms with Gasteiger partial charge in [0.05, 0.1) is 0 Å². The molecule has 2 rings (SSSR count). The summed E-state index contributed by atoms with van der Waals surface area (Å²) in [5.74, 6) is -0.824. The Hall–Kier alpha value is -2.40. The lowest BCUT2D eigenvalue weighted by atomic mass is 10.2. The molecule has 0 aliphatic rings. The van der Waals surface area contributed by atoms with E-state index in [2.05, 4.69) is 5.32 Å². The van der Waals surface area contributed by atoms with E-state index in [-0.39, 0.29) is 30.7 Å². The Morgan fingerprint density at radius 1 is 1.17 bits per heavy atom. The van der Waals surface area contributed by atoms with Crippen LogP contribution in [0.15, 0.2) is 48.5 Å². The molecule has 0 saturated heterocycles. The largest absolute Gasteiger partial charge is 0.350 e. The Morgan fingerprint density at radius 2 is 1.87 bits per heavy atom. The predicted molar refractivity (Wildman–Crippen MR) is 88.2 cm³/mol. The summed E-state index contributed by atoms with van der Waals surface area (Å²) in [5, 5.41) is 3.21. The van der Waals surface area contributed by atoms with Crippen LogP contribution in [-0.4, -0.2) is 24.9 Å². The summed E-state index contributed by atoms with van der Waals surface area (Å²) in [6, 6.07) is 12.2. The topological polar surface area (TPSA) is 49.4 Å². The third-order valence-electron chi connectivity index (χ3n) is 3.23. The van der Waals surface area contributed by atoms with Gasteiger partial charge >= 0.3 is 0 Å². The molecule has 4 nitrogen and oxygen atoms in total. The maximum atomic E-state index is 13.0. The number of benzene rings is 2. The molecule has 2 amide bonds. The van der Waals surface area contributed by atoms with Crippen LogP contribution in [0.25, 0.3) is 0 Å². The Balaban J connectivity index is 1.96. The molecular formula is C17H16ClFN2O2. The summed E-state index contributed by atoms with van der Waals surface area (Å²) in [5.41, 5.74) is 1.03. The predicted octanol–water partition coefficient (Wildman–Crippen LogP) is 3.26. The lowest BCUT2D eigenvalue weighted by Gasteiger charge is -2.21. The molecule has 1 N–H and O–H groups in total. The van der Waals surface area contributed by atoms with E-state index in [1.54, 1.807) is 24.3 Å². The van der Waals surface area contributed by atoms with Crippen molar-refractivity contribution >= 4 is 29.1 Å². The second-order valence-electron chi connectivity index (χ2n) is 4.91. The van der Waals surface area contributed by atoms with Crippen LogP contribution in [-0.2, 0) is 4.79 Å². The van der Waals surface area contributed by atoms with E-state index in [0.29, 0.717) is 16.3 Å². The van der Waals surface area contributed by atoms with Crippen LogP contribution < -0.4 is 10.2 Å². The van der Waals surface area contributed by atoms with Crippen LogP contribution in [0, 0.1) is 5.82 Å². The number of hydrogen-bond donors (Lipinski definition) is 1. The number of amides is 2. The molecule has 0 saturated carbocycles. The van der Waals surface area contributed by atoms with Crippen molar-refractivity contribution in [2.45, 2.75) is 6.92 Å². The Bertz CT molecular complexity index is 704. The molecule has 0 aliphatic heterocycles. The van der Waals surface area contributed by atoms with Gasteiger partial charge in [-0.3, -0.25) is 9.59 Å². The van der Waals surface area contributed by atoms with Gasteiger partial charge in [-0.05, 0) is 42.5 Å². The van der Waals surface area contributed by atoms with E-state index in [0.717, 1.165) is 0 Å². The zero-order chi connectivity index (χ0) is 16.8. The van der Waals surface area contributed by atoms with Crippen LogP contribution >= 0.6 is 11.6 Å². The number of halogens is 2. The van der Waals surface area contributed by atoms with Crippen LogP contribution in [0.3, 0.4) is 0 Å². The van der Waals surface area contributed by atoms with E-state index in [9.17, 15) is 14.0 Å². The fourth-order valence-corrected chi connectivity index (χ4v) is 2.29. The van der Waals surface area contributed by atoms with Crippen molar-refractivity contribution in [3.05, 3.63) is 64.9 Å². The van der Waals surface area contributed by atoms with Crippen LogP contribution in [0.4, 0.5) is 10.1 Å². The lowest BCUT2D eigenvalue weighted by molar-refractivity contribution is -0.116. The molecular weight excluding hydrogens is 319 g/mol. The molecule has 0 aliphatic carbocycles. The van der Waals surface area contributed by atoms with Crippen molar-refractivity contribution in [2.24, 2.45) is 0 Å². The van der Waals surface area contributed by atoms with Crippen molar-refractivity contribution in [1.82, 2.24) is 5.32 Å². The maximum Gasteiger partial charge on any atom is 0.251 e. The first-order chi connectivity index (χ1) is 11.0. The summed E-state index contributed by atoms with van der Waals surface area (Å²) in [6.45, 7) is 1.97. The minimum absolute atomic E-state index is 0.186. The summed E-state index contributed by atoms with van der Waals surface area (Å²) >= 11 is 5.84. The minimum Gasteiger partial charge on any atom is -0.350 e. The molecule has 0 heterocycles. The first-order valence-corrected chi connectivity index (χ1v) is 7.42. The van der Waals surface area contributed by atoms with Gasteiger partial charge in [0.1, 0.15) is 5.82 Å². The van der Waals surface area contributed by atoms with Crippen molar-refractivity contribution in [3.8, 4) is 0 Å². The van der Waals surface area contributed by atoms with E-state index >= 15 is 0 Å². The fourth-order valence-electron chi connectivity index (χ4n) is 2.10. The molecule has 0 radical (unpaired) electrons. The van der Waals surface area contributed by atoms with E-state index < -0.39 is 0 Å². The Kier molecular flexibility index (Phi) is 5.71. The zero-order valence-electron chi connectivity index (χ0n) is 12.6. The third kappa shape index (κ3) is 4.79. The van der Waals surface area contributed by atoms with Gasteiger partial charge < -0.3 is 10.2 Å². The van der Waals surface area contributed by atoms with Gasteiger partial charge in [-0.15, -0.1) is 0 Å². The van der Waals surface area contributed by atoms with Crippen molar-refractivity contribution in [3.63, 3.8) is 0 Å². The Morgan fingerprint density at radius 3 is 2.48 bits per heavy atom. The lowest BCUT2D eigenvalue weighted by Crippen LogP contribution is -2.37. The molecule has 2 aromatic carbocycles. The number of nitrogens with zero attached hydrogens (tertiary/aromatic N) is 1. The number of anilines is 1. The molecule has 0 atom stereocenters. The third-order valence-corrected chi connectivity index (χ3v) is 3.46. The number of rotatable bonds is 5. The SMILES string of the molecule is CC(=O)N(CCNC(=O)c1cccc(Cl)c1)c1ccc(F)cc1. The van der Waals surface area contributed by atoms with Crippen molar-refractivity contribution in [1.29, 1.82) is 0 Å². The molecule has 2 aromatic rings. The van der Waals surface area contributed by atoms with Gasteiger partial charge in [-0.25, -0.2) is 4.39 Å². The van der Waals surface area contributed by atoms with Gasteiger partial charge in [-0.2, -0.15) is 0 Å². The monoisotopic (exact) mass is 334 g/mol. The highest BCUT2D eigenvalue weighted by atomic mass is 35.5. The first kappa shape index (κ1) is 17.0.